The molecule has 2 heterocycles. The van der Waals surface area contributed by atoms with E-state index >= 15 is 0 Å². The molecule has 0 spiro atoms. The Hall–Kier alpha value is -2.56. The van der Waals surface area contributed by atoms with Gasteiger partial charge < -0.3 is 14.1 Å². The van der Waals surface area contributed by atoms with Crippen LogP contribution in [0, 0.1) is 5.92 Å². The lowest BCUT2D eigenvalue weighted by Crippen LogP contribution is -2.42. The van der Waals surface area contributed by atoms with Gasteiger partial charge >= 0.3 is 0 Å². The molecule has 0 saturated carbocycles. The molecule has 1 fully saturated rings. The number of carbonyl (C=O) groups is 2. The van der Waals surface area contributed by atoms with Gasteiger partial charge in [0.1, 0.15) is 12.0 Å². The highest BCUT2D eigenvalue weighted by Gasteiger charge is 2.30. The van der Waals surface area contributed by atoms with Crippen LogP contribution in [0.1, 0.15) is 47.4 Å². The van der Waals surface area contributed by atoms with Crippen LogP contribution in [0.3, 0.4) is 0 Å². The minimum atomic E-state index is -0.182. The van der Waals surface area contributed by atoms with Crippen molar-refractivity contribution >= 4 is 11.7 Å². The lowest BCUT2D eigenvalue weighted by Gasteiger charge is -2.31. The van der Waals surface area contributed by atoms with Crippen LogP contribution >= 0.6 is 0 Å². The van der Waals surface area contributed by atoms with E-state index in [1.807, 2.05) is 32.0 Å². The number of carbonyl (C=O) groups excluding carboxylic acids is 2. The third-order valence-corrected chi connectivity index (χ3v) is 4.34. The lowest BCUT2D eigenvalue weighted by molar-refractivity contribution is 0.0636. The number of nitrogens with zero attached hydrogens (tertiary/aromatic N) is 1. The highest BCUT2D eigenvalue weighted by Crippen LogP contribution is 2.24. The Kier molecular flexibility index (Phi) is 5.22. The van der Waals surface area contributed by atoms with Gasteiger partial charge in [0.25, 0.3) is 5.91 Å². The van der Waals surface area contributed by atoms with Crippen LogP contribution in [-0.2, 0) is 0 Å². The molecule has 0 aliphatic carbocycles. The predicted molar refractivity (Wildman–Crippen MR) is 93.9 cm³/mol. The minimum Gasteiger partial charge on any atom is -0.491 e. The second-order valence-electron chi connectivity index (χ2n) is 6.66. The van der Waals surface area contributed by atoms with Crippen LogP contribution in [0.15, 0.2) is 47.3 Å². The summed E-state index contributed by atoms with van der Waals surface area (Å²) >= 11 is 0. The summed E-state index contributed by atoms with van der Waals surface area (Å²) in [6.45, 7) is 5.02. The van der Waals surface area contributed by atoms with E-state index in [9.17, 15) is 9.59 Å². The Morgan fingerprint density at radius 2 is 2.08 bits per heavy atom. The van der Waals surface area contributed by atoms with E-state index < -0.39 is 0 Å². The van der Waals surface area contributed by atoms with E-state index in [4.69, 9.17) is 9.15 Å². The lowest BCUT2D eigenvalue weighted by atomic mass is 9.89. The van der Waals surface area contributed by atoms with Gasteiger partial charge in [-0.05, 0) is 44.9 Å². The third-order valence-electron chi connectivity index (χ3n) is 4.34. The largest absolute Gasteiger partial charge is 0.491 e. The summed E-state index contributed by atoms with van der Waals surface area (Å²) in [4.78, 5) is 27.1. The summed E-state index contributed by atoms with van der Waals surface area (Å²) < 4.78 is 10.7. The van der Waals surface area contributed by atoms with Crippen LogP contribution in [0.4, 0.5) is 0 Å². The highest BCUT2D eigenvalue weighted by atomic mass is 16.5. The van der Waals surface area contributed by atoms with Crippen LogP contribution < -0.4 is 4.74 Å². The van der Waals surface area contributed by atoms with Gasteiger partial charge in [-0.1, -0.05) is 12.1 Å². The maximum absolute atomic E-state index is 12.9. The molecule has 0 bridgehead atoms. The molecule has 1 aromatic heterocycles. The second-order valence-corrected chi connectivity index (χ2v) is 6.66. The van der Waals surface area contributed by atoms with Crippen molar-refractivity contribution in [2.24, 2.45) is 5.92 Å². The Labute approximate surface area is 147 Å². The zero-order valence-corrected chi connectivity index (χ0v) is 14.6. The quantitative estimate of drug-likeness (QED) is 0.776. The first-order valence-electron chi connectivity index (χ1n) is 8.67. The fourth-order valence-corrected chi connectivity index (χ4v) is 3.17. The number of benzene rings is 1. The normalized spacial score (nSPS) is 17.6. The number of ether oxygens (including phenoxy) is 1. The molecule has 1 aliphatic heterocycles. The third kappa shape index (κ3) is 4.10. The zero-order chi connectivity index (χ0) is 17.8. The molecule has 132 valence electrons. The van der Waals surface area contributed by atoms with Gasteiger partial charge in [0.05, 0.1) is 17.9 Å². The van der Waals surface area contributed by atoms with Crippen molar-refractivity contribution in [3.63, 3.8) is 0 Å². The van der Waals surface area contributed by atoms with E-state index in [1.165, 1.54) is 12.5 Å². The first-order valence-corrected chi connectivity index (χ1v) is 8.67. The highest BCUT2D eigenvalue weighted by molar-refractivity contribution is 5.99. The molecular weight excluding hydrogens is 318 g/mol. The number of hydrogen-bond donors (Lipinski definition) is 0. The Morgan fingerprint density at radius 3 is 2.80 bits per heavy atom. The molecule has 1 aromatic carbocycles. The SMILES string of the molecule is CC(C)Oc1cccc(C(=O)[C@H]2CCCN(C(=O)c3ccoc3)C2)c1. The van der Waals surface area contributed by atoms with Crippen molar-refractivity contribution in [2.75, 3.05) is 13.1 Å². The van der Waals surface area contributed by atoms with Crippen molar-refractivity contribution in [3.05, 3.63) is 54.0 Å². The summed E-state index contributed by atoms with van der Waals surface area (Å²) in [6.07, 6.45) is 4.61. The first kappa shape index (κ1) is 17.3. The predicted octanol–water partition coefficient (Wildman–Crippen LogP) is 3.80. The van der Waals surface area contributed by atoms with E-state index in [0.717, 1.165) is 12.8 Å². The number of piperidine rings is 1. The Morgan fingerprint density at radius 1 is 1.24 bits per heavy atom. The molecule has 5 heteroatoms. The topological polar surface area (TPSA) is 59.8 Å². The molecule has 25 heavy (non-hydrogen) atoms. The molecule has 1 atom stereocenters. The minimum absolute atomic E-state index is 0.0584. The standard InChI is InChI=1S/C20H23NO4/c1-14(2)25-18-7-3-5-15(11-18)19(22)16-6-4-9-21(12-16)20(23)17-8-10-24-13-17/h3,5,7-8,10-11,13-14,16H,4,6,9,12H2,1-2H3/t16-/m0/s1. The van der Waals surface area contributed by atoms with Gasteiger partial charge in [0.2, 0.25) is 0 Å². The summed E-state index contributed by atoms with van der Waals surface area (Å²) in [5, 5.41) is 0. The van der Waals surface area contributed by atoms with Gasteiger partial charge in [0.15, 0.2) is 5.78 Å². The molecule has 3 rings (SSSR count). The summed E-state index contributed by atoms with van der Waals surface area (Å²) in [5.74, 6) is 0.504. The average molecular weight is 341 g/mol. The zero-order valence-electron chi connectivity index (χ0n) is 14.6. The summed E-state index contributed by atoms with van der Waals surface area (Å²) in [7, 11) is 0. The van der Waals surface area contributed by atoms with E-state index in [2.05, 4.69) is 0 Å². The number of hydrogen-bond acceptors (Lipinski definition) is 4. The molecule has 0 unspecified atom stereocenters. The molecular formula is C20H23NO4. The van der Waals surface area contributed by atoms with Gasteiger partial charge in [-0.3, -0.25) is 9.59 Å². The van der Waals surface area contributed by atoms with Crippen LogP contribution in [0.25, 0.3) is 0 Å². The van der Waals surface area contributed by atoms with Crippen LogP contribution in [0.2, 0.25) is 0 Å². The van der Waals surface area contributed by atoms with Gasteiger partial charge in [-0.25, -0.2) is 0 Å². The molecule has 1 amide bonds. The summed E-state index contributed by atoms with van der Waals surface area (Å²) in [6, 6.07) is 8.95. The number of ketones is 1. The maximum atomic E-state index is 12.9. The first-order chi connectivity index (χ1) is 12.0. The Balaban J connectivity index is 1.71. The van der Waals surface area contributed by atoms with Crippen LogP contribution in [-0.4, -0.2) is 35.8 Å². The monoisotopic (exact) mass is 341 g/mol. The number of Topliss-reactive ketones (excluding diaryl/α,β-unsaturated/α-hetero) is 1. The maximum Gasteiger partial charge on any atom is 0.257 e. The number of amides is 1. The molecule has 2 aromatic rings. The van der Waals surface area contributed by atoms with Gasteiger partial charge in [-0.2, -0.15) is 0 Å². The van der Waals surface area contributed by atoms with Gasteiger partial charge in [0, 0.05) is 24.6 Å². The molecule has 0 N–H and O–H groups in total. The van der Waals surface area contributed by atoms with Crippen molar-refractivity contribution in [2.45, 2.75) is 32.8 Å². The smallest absolute Gasteiger partial charge is 0.257 e. The Bertz CT molecular complexity index is 736. The second kappa shape index (κ2) is 7.55. The van der Waals surface area contributed by atoms with Crippen molar-refractivity contribution < 1.29 is 18.7 Å². The molecule has 5 nitrogen and oxygen atoms in total. The van der Waals surface area contributed by atoms with Crippen molar-refractivity contribution in [3.8, 4) is 5.75 Å². The fraction of sp³-hybridized carbons (Fsp3) is 0.400. The van der Waals surface area contributed by atoms with Crippen molar-refractivity contribution in [1.29, 1.82) is 0 Å². The van der Waals surface area contributed by atoms with Crippen LogP contribution in [0.5, 0.6) is 5.75 Å². The average Bonchev–Trinajstić information content (AvgIpc) is 3.15. The summed E-state index contributed by atoms with van der Waals surface area (Å²) in [5.41, 5.74) is 1.17. The molecule has 0 radical (unpaired) electrons. The van der Waals surface area contributed by atoms with E-state index in [0.29, 0.717) is 30.0 Å². The molecule has 1 saturated heterocycles. The van der Waals surface area contributed by atoms with E-state index in [1.54, 1.807) is 17.0 Å². The number of furan rings is 1. The van der Waals surface area contributed by atoms with Gasteiger partial charge in [-0.15, -0.1) is 0 Å². The number of rotatable bonds is 5. The fourth-order valence-electron chi connectivity index (χ4n) is 3.17. The van der Waals surface area contributed by atoms with E-state index in [-0.39, 0.29) is 23.7 Å². The number of likely N-dealkylation sites (tertiary alicyclic amines) is 1. The molecule has 1 aliphatic rings. The van der Waals surface area contributed by atoms with Crippen molar-refractivity contribution in [1.82, 2.24) is 4.90 Å².